The molecule has 0 saturated carbocycles. The molecule has 0 radical (unpaired) electrons. The molecule has 1 aromatic rings. The summed E-state index contributed by atoms with van der Waals surface area (Å²) in [6.07, 6.45) is 0.890. The van der Waals surface area contributed by atoms with Crippen LogP contribution in [-0.2, 0) is 14.8 Å². The number of sulfonamides is 1. The van der Waals surface area contributed by atoms with Gasteiger partial charge in [0.15, 0.2) is 5.03 Å². The van der Waals surface area contributed by atoms with Gasteiger partial charge in [0.2, 0.25) is 0 Å². The topological polar surface area (TPSA) is 98.8 Å². The lowest BCUT2D eigenvalue weighted by molar-refractivity contribution is -0.129. The first kappa shape index (κ1) is 12.3. The summed E-state index contributed by atoms with van der Waals surface area (Å²) in [5, 5.41) is -0.584. The molecule has 0 aromatic heterocycles. The summed E-state index contributed by atoms with van der Waals surface area (Å²) in [6.45, 7) is 1.89. The Bertz CT molecular complexity index is 657. The van der Waals surface area contributed by atoms with Gasteiger partial charge >= 0.3 is 5.97 Å². The first-order valence-corrected chi connectivity index (χ1v) is 6.43. The van der Waals surface area contributed by atoms with Crippen LogP contribution < -0.4 is 10.5 Å². The van der Waals surface area contributed by atoms with Crippen molar-refractivity contribution in [1.29, 1.82) is 0 Å². The standard InChI is InChI=1S/C11H10N2O4S/c1-7-2-4-8(5-3-7)17-11(14)9-6-13-18(15,16)10(9)12/h2-6H,12H2,1H3. The molecular weight excluding hydrogens is 256 g/mol. The molecule has 1 aromatic carbocycles. The lowest BCUT2D eigenvalue weighted by Crippen LogP contribution is -2.17. The van der Waals surface area contributed by atoms with Crippen molar-refractivity contribution in [1.82, 2.24) is 0 Å². The molecule has 0 fully saturated rings. The highest BCUT2D eigenvalue weighted by Crippen LogP contribution is 2.18. The largest absolute Gasteiger partial charge is 0.423 e. The molecule has 0 aliphatic carbocycles. The van der Waals surface area contributed by atoms with E-state index in [1.165, 1.54) is 0 Å². The normalized spacial score (nSPS) is 16.9. The van der Waals surface area contributed by atoms with E-state index in [9.17, 15) is 13.2 Å². The highest BCUT2D eigenvalue weighted by molar-refractivity contribution is 7.94. The van der Waals surface area contributed by atoms with E-state index in [1.54, 1.807) is 24.3 Å². The van der Waals surface area contributed by atoms with E-state index in [0.29, 0.717) is 5.75 Å². The minimum absolute atomic E-state index is 0.254. The molecule has 1 aliphatic rings. The maximum atomic E-state index is 11.7. The Morgan fingerprint density at radius 2 is 1.89 bits per heavy atom. The van der Waals surface area contributed by atoms with E-state index >= 15 is 0 Å². The number of ether oxygens (including phenoxy) is 1. The van der Waals surface area contributed by atoms with Crippen LogP contribution in [-0.4, -0.2) is 20.6 Å². The molecule has 2 rings (SSSR count). The van der Waals surface area contributed by atoms with Crippen LogP contribution in [0.5, 0.6) is 5.75 Å². The first-order valence-electron chi connectivity index (χ1n) is 4.99. The van der Waals surface area contributed by atoms with Gasteiger partial charge in [-0.2, -0.15) is 12.8 Å². The SMILES string of the molecule is Cc1ccc(OC(=O)C2=C(N)S(=O)(=O)N=C2)cc1. The Morgan fingerprint density at radius 1 is 1.28 bits per heavy atom. The molecule has 0 saturated heterocycles. The summed E-state index contributed by atoms with van der Waals surface area (Å²) in [7, 11) is -3.89. The van der Waals surface area contributed by atoms with E-state index in [4.69, 9.17) is 10.5 Å². The molecule has 18 heavy (non-hydrogen) atoms. The Balaban J connectivity index is 2.22. The third kappa shape index (κ3) is 2.25. The van der Waals surface area contributed by atoms with Crippen LogP contribution in [0.25, 0.3) is 0 Å². The number of hydrogen-bond acceptors (Lipinski definition) is 5. The van der Waals surface area contributed by atoms with Gasteiger partial charge in [0.25, 0.3) is 10.0 Å². The first-order chi connectivity index (χ1) is 8.40. The van der Waals surface area contributed by atoms with Crippen molar-refractivity contribution in [2.24, 2.45) is 10.1 Å². The minimum Gasteiger partial charge on any atom is -0.423 e. The molecular formula is C11H10N2O4S. The van der Waals surface area contributed by atoms with Crippen molar-refractivity contribution < 1.29 is 17.9 Å². The highest BCUT2D eigenvalue weighted by Gasteiger charge is 2.28. The molecule has 7 heteroatoms. The molecule has 1 aliphatic heterocycles. The predicted molar refractivity (Wildman–Crippen MR) is 65.4 cm³/mol. The van der Waals surface area contributed by atoms with E-state index < -0.39 is 21.0 Å². The monoisotopic (exact) mass is 266 g/mol. The number of nitrogens with zero attached hydrogens (tertiary/aromatic N) is 1. The number of hydrogen-bond donors (Lipinski definition) is 1. The quantitative estimate of drug-likeness (QED) is 0.620. The molecule has 6 nitrogen and oxygen atoms in total. The Labute approximate surface area is 104 Å². The summed E-state index contributed by atoms with van der Waals surface area (Å²) < 4.78 is 30.5. The zero-order chi connectivity index (χ0) is 13.3. The number of aryl methyl sites for hydroxylation is 1. The smallest absolute Gasteiger partial charge is 0.348 e. The average molecular weight is 266 g/mol. The zero-order valence-corrected chi connectivity index (χ0v) is 10.3. The van der Waals surface area contributed by atoms with Crippen LogP contribution in [0, 0.1) is 6.92 Å². The fourth-order valence-corrected chi connectivity index (χ4v) is 2.07. The average Bonchev–Trinajstić information content (AvgIpc) is 2.58. The van der Waals surface area contributed by atoms with Crippen LogP contribution in [0.15, 0.2) is 39.3 Å². The second-order valence-electron chi connectivity index (χ2n) is 3.69. The van der Waals surface area contributed by atoms with Gasteiger partial charge in [0.05, 0.1) is 6.21 Å². The van der Waals surface area contributed by atoms with Crippen molar-refractivity contribution in [3.05, 3.63) is 40.4 Å². The summed E-state index contributed by atoms with van der Waals surface area (Å²) >= 11 is 0. The van der Waals surface area contributed by atoms with Crippen molar-refractivity contribution in [3.63, 3.8) is 0 Å². The minimum atomic E-state index is -3.89. The fourth-order valence-electron chi connectivity index (χ4n) is 1.30. The summed E-state index contributed by atoms with van der Waals surface area (Å²) in [5.41, 5.74) is 6.06. The fraction of sp³-hybridized carbons (Fsp3) is 0.0909. The Kier molecular flexibility index (Phi) is 2.92. The van der Waals surface area contributed by atoms with Gasteiger partial charge < -0.3 is 10.5 Å². The maximum absolute atomic E-state index is 11.7. The van der Waals surface area contributed by atoms with E-state index in [1.807, 2.05) is 6.92 Å². The molecule has 1 heterocycles. The van der Waals surface area contributed by atoms with Crippen LogP contribution in [0.1, 0.15) is 5.56 Å². The summed E-state index contributed by atoms with van der Waals surface area (Å²) in [6, 6.07) is 6.73. The van der Waals surface area contributed by atoms with Gasteiger partial charge in [-0.15, -0.1) is 0 Å². The number of esters is 1. The van der Waals surface area contributed by atoms with Crippen molar-refractivity contribution in [3.8, 4) is 5.75 Å². The second-order valence-corrected chi connectivity index (χ2v) is 5.29. The molecule has 0 atom stereocenters. The molecule has 0 amide bonds. The maximum Gasteiger partial charge on any atom is 0.348 e. The van der Waals surface area contributed by atoms with Gasteiger partial charge in [-0.1, -0.05) is 17.7 Å². The molecule has 2 N–H and O–H groups in total. The van der Waals surface area contributed by atoms with Gasteiger partial charge in [-0.3, -0.25) is 0 Å². The van der Waals surface area contributed by atoms with Gasteiger partial charge in [0.1, 0.15) is 11.3 Å². The molecule has 0 unspecified atom stereocenters. The third-order valence-electron chi connectivity index (χ3n) is 2.32. The zero-order valence-electron chi connectivity index (χ0n) is 9.45. The van der Waals surface area contributed by atoms with E-state index in [-0.39, 0.29) is 5.57 Å². The Morgan fingerprint density at radius 3 is 2.39 bits per heavy atom. The number of nitrogens with two attached hydrogens (primary N) is 1. The number of benzene rings is 1. The van der Waals surface area contributed by atoms with Crippen LogP contribution in [0.3, 0.4) is 0 Å². The Hall–Kier alpha value is -2.15. The number of rotatable bonds is 2. The molecule has 94 valence electrons. The third-order valence-corrected chi connectivity index (χ3v) is 3.47. The van der Waals surface area contributed by atoms with Crippen LogP contribution >= 0.6 is 0 Å². The van der Waals surface area contributed by atoms with Crippen LogP contribution in [0.4, 0.5) is 0 Å². The molecule has 0 spiro atoms. The van der Waals surface area contributed by atoms with E-state index in [0.717, 1.165) is 11.8 Å². The number of carbonyl (C=O) groups is 1. The van der Waals surface area contributed by atoms with Crippen molar-refractivity contribution in [2.75, 3.05) is 0 Å². The summed E-state index contributed by atoms with van der Waals surface area (Å²) in [5.74, 6) is -0.537. The van der Waals surface area contributed by atoms with Crippen molar-refractivity contribution >= 4 is 22.2 Å². The second kappa shape index (κ2) is 4.26. The van der Waals surface area contributed by atoms with Gasteiger partial charge in [0, 0.05) is 0 Å². The van der Waals surface area contributed by atoms with Crippen LogP contribution in [0.2, 0.25) is 0 Å². The van der Waals surface area contributed by atoms with Gasteiger partial charge in [-0.25, -0.2) is 4.79 Å². The van der Waals surface area contributed by atoms with Gasteiger partial charge in [-0.05, 0) is 19.1 Å². The lowest BCUT2D eigenvalue weighted by atomic mass is 10.2. The predicted octanol–water partition coefficient (Wildman–Crippen LogP) is 0.485. The highest BCUT2D eigenvalue weighted by atomic mass is 32.2. The van der Waals surface area contributed by atoms with E-state index in [2.05, 4.69) is 4.40 Å². The summed E-state index contributed by atoms with van der Waals surface area (Å²) in [4.78, 5) is 11.7. The lowest BCUT2D eigenvalue weighted by Gasteiger charge is -2.04. The van der Waals surface area contributed by atoms with Crippen molar-refractivity contribution in [2.45, 2.75) is 6.92 Å². The molecule has 0 bridgehead atoms. The number of carbonyl (C=O) groups excluding carboxylic acids is 1.